The molecular formula is C19H18N2O4S. The summed E-state index contributed by atoms with van der Waals surface area (Å²) in [6, 6.07) is 13.9. The number of carboxylic acid groups (broad SMARTS) is 1. The van der Waals surface area contributed by atoms with Gasteiger partial charge in [0.2, 0.25) is 5.91 Å². The molecule has 26 heavy (non-hydrogen) atoms. The van der Waals surface area contributed by atoms with E-state index in [9.17, 15) is 9.59 Å². The van der Waals surface area contributed by atoms with Gasteiger partial charge in [-0.15, -0.1) is 11.3 Å². The van der Waals surface area contributed by atoms with Gasteiger partial charge in [0.25, 0.3) is 0 Å². The third-order valence-electron chi connectivity index (χ3n) is 3.66. The predicted molar refractivity (Wildman–Crippen MR) is 99.6 cm³/mol. The largest absolute Gasteiger partial charge is 0.492 e. The number of rotatable bonds is 8. The zero-order valence-electron chi connectivity index (χ0n) is 14.0. The van der Waals surface area contributed by atoms with E-state index in [0.717, 1.165) is 16.5 Å². The molecule has 0 spiro atoms. The Balaban J connectivity index is 1.41. The number of carbonyl (C=O) groups is 2. The second-order valence-electron chi connectivity index (χ2n) is 5.69. The molecular weight excluding hydrogens is 352 g/mol. The van der Waals surface area contributed by atoms with E-state index in [-0.39, 0.29) is 18.7 Å². The van der Waals surface area contributed by atoms with Gasteiger partial charge in [0.05, 0.1) is 25.1 Å². The van der Waals surface area contributed by atoms with Crippen LogP contribution in [0.2, 0.25) is 0 Å². The molecule has 3 rings (SSSR count). The molecule has 0 fully saturated rings. The summed E-state index contributed by atoms with van der Waals surface area (Å²) in [5, 5.41) is 16.0. The summed E-state index contributed by atoms with van der Waals surface area (Å²) in [5.41, 5.74) is 0.477. The highest BCUT2D eigenvalue weighted by molar-refractivity contribution is 7.09. The standard InChI is InChI=1S/C19H18N2O4S/c22-17(11-18-21-15(12-26-18)10-19(23)24)20-7-8-25-16-6-5-13-3-1-2-4-14(13)9-16/h1-6,9,12H,7-8,10-11H2,(H,20,22)(H,23,24). The normalized spacial score (nSPS) is 10.6. The van der Waals surface area contributed by atoms with Crippen LogP contribution in [0.5, 0.6) is 5.75 Å². The SMILES string of the molecule is O=C(O)Cc1csc(CC(=O)NCCOc2ccc3ccccc3c2)n1. The number of nitrogens with one attached hydrogen (secondary N) is 1. The van der Waals surface area contributed by atoms with Gasteiger partial charge in [-0.25, -0.2) is 4.98 Å². The maximum atomic E-state index is 11.9. The number of carboxylic acids is 1. The maximum Gasteiger partial charge on any atom is 0.309 e. The zero-order valence-corrected chi connectivity index (χ0v) is 14.8. The first kappa shape index (κ1) is 17.9. The molecule has 0 saturated carbocycles. The summed E-state index contributed by atoms with van der Waals surface area (Å²) in [6.07, 6.45) is 0.0119. The van der Waals surface area contributed by atoms with E-state index in [1.54, 1.807) is 5.38 Å². The molecule has 0 radical (unpaired) electrons. The fourth-order valence-corrected chi connectivity index (χ4v) is 3.28. The van der Waals surface area contributed by atoms with Crippen LogP contribution >= 0.6 is 11.3 Å². The Morgan fingerprint density at radius 1 is 1.12 bits per heavy atom. The van der Waals surface area contributed by atoms with E-state index in [0.29, 0.717) is 23.9 Å². The Morgan fingerprint density at radius 2 is 1.92 bits per heavy atom. The van der Waals surface area contributed by atoms with Crippen LogP contribution in [0.4, 0.5) is 0 Å². The first-order valence-electron chi connectivity index (χ1n) is 8.13. The summed E-state index contributed by atoms with van der Waals surface area (Å²) in [4.78, 5) is 26.7. The Bertz CT molecular complexity index is 923. The third kappa shape index (κ3) is 5.03. The molecule has 0 saturated heterocycles. The first-order chi connectivity index (χ1) is 12.6. The molecule has 0 atom stereocenters. The van der Waals surface area contributed by atoms with E-state index in [1.807, 2.05) is 42.5 Å². The van der Waals surface area contributed by atoms with Crippen molar-refractivity contribution >= 4 is 34.0 Å². The molecule has 3 aromatic rings. The summed E-state index contributed by atoms with van der Waals surface area (Å²) < 4.78 is 5.67. The topological polar surface area (TPSA) is 88.5 Å². The Kier molecular flexibility index (Phi) is 5.80. The predicted octanol–water partition coefficient (Wildman–Crippen LogP) is 2.66. The number of ether oxygens (including phenoxy) is 1. The lowest BCUT2D eigenvalue weighted by Gasteiger charge is -2.08. The average Bonchev–Trinajstić information content (AvgIpc) is 3.04. The van der Waals surface area contributed by atoms with Gasteiger partial charge in [-0.05, 0) is 22.9 Å². The highest BCUT2D eigenvalue weighted by atomic mass is 32.1. The number of carbonyl (C=O) groups excluding carboxylic acids is 1. The maximum absolute atomic E-state index is 11.9. The summed E-state index contributed by atoms with van der Waals surface area (Å²) >= 11 is 1.29. The number of aliphatic carboxylic acids is 1. The number of hydrogen-bond donors (Lipinski definition) is 2. The van der Waals surface area contributed by atoms with Crippen LogP contribution < -0.4 is 10.1 Å². The number of thiazole rings is 1. The van der Waals surface area contributed by atoms with Gasteiger partial charge in [-0.3, -0.25) is 9.59 Å². The molecule has 2 N–H and O–H groups in total. The molecule has 134 valence electrons. The summed E-state index contributed by atoms with van der Waals surface area (Å²) in [6.45, 7) is 0.755. The van der Waals surface area contributed by atoms with E-state index in [4.69, 9.17) is 9.84 Å². The van der Waals surface area contributed by atoms with Crippen LogP contribution in [0.3, 0.4) is 0 Å². The van der Waals surface area contributed by atoms with Crippen molar-refractivity contribution in [2.45, 2.75) is 12.8 Å². The summed E-state index contributed by atoms with van der Waals surface area (Å²) in [7, 11) is 0. The molecule has 0 unspecified atom stereocenters. The van der Waals surface area contributed by atoms with Crippen LogP contribution in [0, 0.1) is 0 Å². The lowest BCUT2D eigenvalue weighted by atomic mass is 10.1. The van der Waals surface area contributed by atoms with Crippen molar-refractivity contribution in [3.8, 4) is 5.75 Å². The van der Waals surface area contributed by atoms with Crippen molar-refractivity contribution in [3.05, 3.63) is 58.5 Å². The van der Waals surface area contributed by atoms with Crippen molar-refractivity contribution in [3.63, 3.8) is 0 Å². The van der Waals surface area contributed by atoms with E-state index in [1.165, 1.54) is 11.3 Å². The number of hydrogen-bond acceptors (Lipinski definition) is 5. The number of nitrogens with zero attached hydrogens (tertiary/aromatic N) is 1. The highest BCUT2D eigenvalue weighted by Gasteiger charge is 2.09. The van der Waals surface area contributed by atoms with Crippen molar-refractivity contribution in [2.24, 2.45) is 0 Å². The lowest BCUT2D eigenvalue weighted by molar-refractivity contribution is -0.136. The Hall–Kier alpha value is -2.93. The minimum atomic E-state index is -0.933. The molecule has 0 aliphatic carbocycles. The van der Waals surface area contributed by atoms with Gasteiger partial charge in [-0.2, -0.15) is 0 Å². The fourth-order valence-electron chi connectivity index (χ4n) is 2.48. The third-order valence-corrected chi connectivity index (χ3v) is 4.55. The first-order valence-corrected chi connectivity index (χ1v) is 9.01. The van der Waals surface area contributed by atoms with Crippen molar-refractivity contribution < 1.29 is 19.4 Å². The quantitative estimate of drug-likeness (QED) is 0.595. The van der Waals surface area contributed by atoms with Crippen LogP contribution in [-0.4, -0.2) is 35.1 Å². The van der Waals surface area contributed by atoms with Crippen LogP contribution in [0.25, 0.3) is 10.8 Å². The van der Waals surface area contributed by atoms with Crippen LogP contribution in [0.15, 0.2) is 47.8 Å². The number of benzene rings is 2. The van der Waals surface area contributed by atoms with Crippen LogP contribution in [-0.2, 0) is 22.4 Å². The highest BCUT2D eigenvalue weighted by Crippen LogP contribution is 2.20. The van der Waals surface area contributed by atoms with Gasteiger partial charge in [0.15, 0.2) is 0 Å². The molecule has 1 aromatic heterocycles. The number of fused-ring (bicyclic) bond motifs is 1. The number of aromatic nitrogens is 1. The molecule has 1 amide bonds. The fraction of sp³-hybridized carbons (Fsp3) is 0.211. The molecule has 2 aromatic carbocycles. The van der Waals surface area contributed by atoms with Gasteiger partial charge < -0.3 is 15.2 Å². The second kappa shape index (κ2) is 8.44. The molecule has 6 nitrogen and oxygen atoms in total. The molecule has 0 aliphatic rings. The van der Waals surface area contributed by atoms with E-state index < -0.39 is 5.97 Å². The van der Waals surface area contributed by atoms with Gasteiger partial charge in [0, 0.05) is 5.38 Å². The monoisotopic (exact) mass is 370 g/mol. The second-order valence-corrected chi connectivity index (χ2v) is 6.63. The Morgan fingerprint density at radius 3 is 2.73 bits per heavy atom. The van der Waals surface area contributed by atoms with Gasteiger partial charge in [0.1, 0.15) is 17.4 Å². The number of amides is 1. The minimum absolute atomic E-state index is 0.127. The average molecular weight is 370 g/mol. The van der Waals surface area contributed by atoms with Crippen molar-refractivity contribution in [1.82, 2.24) is 10.3 Å². The molecule has 7 heteroatoms. The Labute approximate surface area is 154 Å². The summed E-state index contributed by atoms with van der Waals surface area (Å²) in [5.74, 6) is -0.336. The molecule has 1 heterocycles. The van der Waals surface area contributed by atoms with Gasteiger partial charge in [-0.1, -0.05) is 30.3 Å². The van der Waals surface area contributed by atoms with E-state index in [2.05, 4.69) is 10.3 Å². The smallest absolute Gasteiger partial charge is 0.309 e. The van der Waals surface area contributed by atoms with Crippen molar-refractivity contribution in [2.75, 3.05) is 13.2 Å². The van der Waals surface area contributed by atoms with Crippen LogP contribution in [0.1, 0.15) is 10.7 Å². The molecule has 0 bridgehead atoms. The molecule has 0 aliphatic heterocycles. The van der Waals surface area contributed by atoms with Crippen molar-refractivity contribution in [1.29, 1.82) is 0 Å². The van der Waals surface area contributed by atoms with Gasteiger partial charge >= 0.3 is 5.97 Å². The minimum Gasteiger partial charge on any atom is -0.492 e. The lowest BCUT2D eigenvalue weighted by Crippen LogP contribution is -2.29. The van der Waals surface area contributed by atoms with E-state index >= 15 is 0 Å². The zero-order chi connectivity index (χ0) is 18.4.